The highest BCUT2D eigenvalue weighted by Crippen LogP contribution is 2.19. The van der Waals surface area contributed by atoms with Gasteiger partial charge in [-0.25, -0.2) is 0 Å². The van der Waals surface area contributed by atoms with Crippen LogP contribution in [0.5, 0.6) is 5.75 Å². The molecule has 0 amide bonds. The molecule has 0 saturated carbocycles. The summed E-state index contributed by atoms with van der Waals surface area (Å²) in [5.41, 5.74) is 1.54. The van der Waals surface area contributed by atoms with Gasteiger partial charge in [0.25, 0.3) is 0 Å². The first-order valence-corrected chi connectivity index (χ1v) is 4.08. The van der Waals surface area contributed by atoms with Crippen molar-refractivity contribution in [2.45, 2.75) is 13.5 Å². The van der Waals surface area contributed by atoms with E-state index >= 15 is 0 Å². The summed E-state index contributed by atoms with van der Waals surface area (Å²) in [6.45, 7) is 5.84. The molecule has 0 aliphatic rings. The highest BCUT2D eigenvalue weighted by Gasteiger charge is 2.03. The van der Waals surface area contributed by atoms with Gasteiger partial charge in [0.1, 0.15) is 12.4 Å². The Morgan fingerprint density at radius 3 is 3.08 bits per heavy atom. The van der Waals surface area contributed by atoms with Crippen LogP contribution in [0.2, 0.25) is 0 Å². The molecule has 3 nitrogen and oxygen atoms in total. The van der Waals surface area contributed by atoms with Crippen molar-refractivity contribution < 1.29 is 9.84 Å². The van der Waals surface area contributed by atoms with E-state index < -0.39 is 0 Å². The van der Waals surface area contributed by atoms with E-state index in [4.69, 9.17) is 9.84 Å². The highest BCUT2D eigenvalue weighted by molar-refractivity contribution is 5.34. The zero-order valence-corrected chi connectivity index (χ0v) is 7.66. The molecule has 0 bridgehead atoms. The Hall–Kier alpha value is -1.35. The number of ether oxygens (including phenoxy) is 1. The van der Waals surface area contributed by atoms with Crippen LogP contribution in [0.15, 0.2) is 24.9 Å². The monoisotopic (exact) mass is 179 g/mol. The lowest BCUT2D eigenvalue weighted by Crippen LogP contribution is -1.99. The third kappa shape index (κ3) is 2.29. The molecule has 13 heavy (non-hydrogen) atoms. The van der Waals surface area contributed by atoms with Crippen molar-refractivity contribution in [1.29, 1.82) is 0 Å². The number of aromatic nitrogens is 1. The Balaban J connectivity index is 2.87. The lowest BCUT2D eigenvalue weighted by Gasteiger charge is -2.08. The van der Waals surface area contributed by atoms with E-state index in [0.29, 0.717) is 12.3 Å². The number of pyridine rings is 1. The van der Waals surface area contributed by atoms with Crippen LogP contribution < -0.4 is 4.74 Å². The van der Waals surface area contributed by atoms with Crippen LogP contribution in [0.3, 0.4) is 0 Å². The molecular weight excluding hydrogens is 166 g/mol. The van der Waals surface area contributed by atoms with Crippen molar-refractivity contribution in [3.63, 3.8) is 0 Å². The van der Waals surface area contributed by atoms with Crippen molar-refractivity contribution in [3.05, 3.63) is 36.2 Å². The third-order valence-electron chi connectivity index (χ3n) is 1.77. The van der Waals surface area contributed by atoms with Crippen LogP contribution >= 0.6 is 0 Å². The van der Waals surface area contributed by atoms with Crippen LogP contribution in [0.1, 0.15) is 11.3 Å². The van der Waals surface area contributed by atoms with E-state index in [2.05, 4.69) is 11.6 Å². The van der Waals surface area contributed by atoms with Gasteiger partial charge < -0.3 is 9.84 Å². The fraction of sp³-hybridized carbons (Fsp3) is 0.300. The molecule has 0 aliphatic heterocycles. The van der Waals surface area contributed by atoms with Crippen LogP contribution in [0.4, 0.5) is 0 Å². The maximum atomic E-state index is 8.93. The van der Waals surface area contributed by atoms with Crippen molar-refractivity contribution >= 4 is 0 Å². The third-order valence-corrected chi connectivity index (χ3v) is 1.77. The van der Waals surface area contributed by atoms with Crippen LogP contribution in [-0.4, -0.2) is 16.7 Å². The molecule has 0 radical (unpaired) electrons. The second-order valence-corrected chi connectivity index (χ2v) is 2.64. The molecule has 1 aromatic heterocycles. The van der Waals surface area contributed by atoms with Gasteiger partial charge >= 0.3 is 0 Å². The smallest absolute Gasteiger partial charge is 0.126 e. The minimum Gasteiger partial charge on any atom is -0.489 e. The first-order chi connectivity index (χ1) is 6.29. The van der Waals surface area contributed by atoms with E-state index in [9.17, 15) is 0 Å². The Morgan fingerprint density at radius 1 is 1.69 bits per heavy atom. The van der Waals surface area contributed by atoms with E-state index in [1.165, 1.54) is 0 Å². The maximum Gasteiger partial charge on any atom is 0.126 e. The molecule has 0 spiro atoms. The minimum atomic E-state index is -0.0584. The van der Waals surface area contributed by atoms with Crippen LogP contribution in [-0.2, 0) is 6.61 Å². The molecule has 1 aromatic rings. The summed E-state index contributed by atoms with van der Waals surface area (Å²) in [5.74, 6) is 0.749. The van der Waals surface area contributed by atoms with Crippen molar-refractivity contribution in [1.82, 2.24) is 4.98 Å². The molecular formula is C10H13NO2. The zero-order valence-electron chi connectivity index (χ0n) is 7.66. The molecule has 3 heteroatoms. The van der Waals surface area contributed by atoms with Crippen LogP contribution in [0, 0.1) is 6.92 Å². The van der Waals surface area contributed by atoms with E-state index in [-0.39, 0.29) is 6.61 Å². The number of rotatable bonds is 4. The molecule has 0 aromatic carbocycles. The predicted octanol–water partition coefficient (Wildman–Crippen LogP) is 1.45. The number of hydrogen-bond donors (Lipinski definition) is 1. The van der Waals surface area contributed by atoms with Gasteiger partial charge in [-0.3, -0.25) is 4.98 Å². The average molecular weight is 179 g/mol. The van der Waals surface area contributed by atoms with Gasteiger partial charge in [0.2, 0.25) is 0 Å². The Bertz CT molecular complexity index is 297. The van der Waals surface area contributed by atoms with Gasteiger partial charge in [0.15, 0.2) is 0 Å². The molecule has 1 heterocycles. The van der Waals surface area contributed by atoms with Gasteiger partial charge in [-0.05, 0) is 13.0 Å². The second-order valence-electron chi connectivity index (χ2n) is 2.64. The van der Waals surface area contributed by atoms with E-state index in [1.807, 2.05) is 6.92 Å². The molecule has 1 rings (SSSR count). The molecule has 70 valence electrons. The molecule has 0 atom stereocenters. The van der Waals surface area contributed by atoms with Gasteiger partial charge in [0, 0.05) is 11.8 Å². The van der Waals surface area contributed by atoms with E-state index in [0.717, 1.165) is 11.3 Å². The summed E-state index contributed by atoms with van der Waals surface area (Å²) in [4.78, 5) is 4.01. The lowest BCUT2D eigenvalue weighted by atomic mass is 10.2. The average Bonchev–Trinajstić information content (AvgIpc) is 2.16. The molecule has 0 fully saturated rings. The molecule has 0 saturated heterocycles. The Labute approximate surface area is 77.7 Å². The molecule has 0 unspecified atom stereocenters. The van der Waals surface area contributed by atoms with Crippen LogP contribution in [0.25, 0.3) is 0 Å². The van der Waals surface area contributed by atoms with Crippen molar-refractivity contribution in [3.8, 4) is 5.75 Å². The summed E-state index contributed by atoms with van der Waals surface area (Å²) >= 11 is 0. The second kappa shape index (κ2) is 4.62. The number of aliphatic hydroxyl groups is 1. The summed E-state index contributed by atoms with van der Waals surface area (Å²) in [6, 6.07) is 1.78. The predicted molar refractivity (Wildman–Crippen MR) is 50.6 cm³/mol. The maximum absolute atomic E-state index is 8.93. The van der Waals surface area contributed by atoms with E-state index in [1.54, 1.807) is 18.3 Å². The van der Waals surface area contributed by atoms with Gasteiger partial charge in [-0.15, -0.1) is 0 Å². The fourth-order valence-corrected chi connectivity index (χ4v) is 1.02. The number of hydrogen-bond acceptors (Lipinski definition) is 3. The summed E-state index contributed by atoms with van der Waals surface area (Å²) in [7, 11) is 0. The Morgan fingerprint density at radius 2 is 2.46 bits per heavy atom. The first kappa shape index (κ1) is 9.74. The van der Waals surface area contributed by atoms with Gasteiger partial charge in [-0.1, -0.05) is 12.7 Å². The number of aliphatic hydroxyl groups excluding tert-OH is 1. The Kier molecular flexibility index (Phi) is 3.46. The van der Waals surface area contributed by atoms with Crippen molar-refractivity contribution in [2.24, 2.45) is 0 Å². The van der Waals surface area contributed by atoms with Gasteiger partial charge in [-0.2, -0.15) is 0 Å². The molecule has 1 N–H and O–H groups in total. The summed E-state index contributed by atoms with van der Waals surface area (Å²) < 4.78 is 5.36. The van der Waals surface area contributed by atoms with Crippen molar-refractivity contribution in [2.75, 3.05) is 6.61 Å². The van der Waals surface area contributed by atoms with Gasteiger partial charge in [0.05, 0.1) is 12.3 Å². The highest BCUT2D eigenvalue weighted by atomic mass is 16.5. The SMILES string of the molecule is C=CCOc1ccnc(CO)c1C. The first-order valence-electron chi connectivity index (χ1n) is 4.08. The lowest BCUT2D eigenvalue weighted by molar-refractivity contribution is 0.274. The topological polar surface area (TPSA) is 42.4 Å². The fourth-order valence-electron chi connectivity index (χ4n) is 1.02. The minimum absolute atomic E-state index is 0.0584. The quantitative estimate of drug-likeness (QED) is 0.711. The summed E-state index contributed by atoms with van der Waals surface area (Å²) in [5, 5.41) is 8.93. The normalized spacial score (nSPS) is 9.69. The largest absolute Gasteiger partial charge is 0.489 e. The number of nitrogens with zero attached hydrogens (tertiary/aromatic N) is 1. The molecule has 0 aliphatic carbocycles. The standard InChI is InChI=1S/C10H13NO2/c1-3-6-13-10-4-5-11-9(7-12)8(10)2/h3-5,12H,1,6-7H2,2H3. The zero-order chi connectivity index (χ0) is 9.68. The summed E-state index contributed by atoms with van der Waals surface area (Å²) in [6.07, 6.45) is 3.30.